The van der Waals surface area contributed by atoms with Gasteiger partial charge in [0.25, 0.3) is 0 Å². The Balaban J connectivity index is 2.09. The summed E-state index contributed by atoms with van der Waals surface area (Å²) in [6.45, 7) is 5.71. The molecule has 1 saturated heterocycles. The second-order valence-electron chi connectivity index (χ2n) is 5.75. The highest BCUT2D eigenvalue weighted by Crippen LogP contribution is 2.39. The highest BCUT2D eigenvalue weighted by atomic mass is 16.5. The van der Waals surface area contributed by atoms with Gasteiger partial charge in [-0.15, -0.1) is 0 Å². The Morgan fingerprint density at radius 3 is 2.58 bits per heavy atom. The molecule has 1 N–H and O–H groups in total. The van der Waals surface area contributed by atoms with Crippen LogP contribution in [-0.4, -0.2) is 47.7 Å². The highest BCUT2D eigenvalue weighted by molar-refractivity contribution is 5.85. The summed E-state index contributed by atoms with van der Waals surface area (Å²) in [6.07, 6.45) is 2.31. The van der Waals surface area contributed by atoms with E-state index in [9.17, 15) is 14.7 Å². The van der Waals surface area contributed by atoms with E-state index in [-0.39, 0.29) is 17.9 Å². The maximum absolute atomic E-state index is 12.6. The van der Waals surface area contributed by atoms with Crippen LogP contribution in [0.15, 0.2) is 0 Å². The number of carboxylic acid groups (broad SMARTS) is 1. The van der Waals surface area contributed by atoms with Crippen molar-refractivity contribution in [3.8, 4) is 0 Å². The van der Waals surface area contributed by atoms with E-state index >= 15 is 0 Å². The Labute approximate surface area is 113 Å². The van der Waals surface area contributed by atoms with Crippen molar-refractivity contribution in [2.24, 2.45) is 17.8 Å². The molecule has 1 aliphatic heterocycles. The van der Waals surface area contributed by atoms with Gasteiger partial charge in [0.2, 0.25) is 5.91 Å². The van der Waals surface area contributed by atoms with Gasteiger partial charge in [0.05, 0.1) is 31.1 Å². The number of nitrogens with zero attached hydrogens (tertiary/aromatic N) is 1. The third-order valence-electron chi connectivity index (χ3n) is 4.52. The van der Waals surface area contributed by atoms with Crippen LogP contribution in [0.25, 0.3) is 0 Å². The summed E-state index contributed by atoms with van der Waals surface area (Å²) in [5, 5.41) is 9.31. The zero-order chi connectivity index (χ0) is 14.0. The molecule has 0 spiro atoms. The molecule has 1 amide bonds. The number of carbonyl (C=O) groups is 2. The van der Waals surface area contributed by atoms with Crippen molar-refractivity contribution in [1.29, 1.82) is 0 Å². The number of aliphatic carboxylic acids is 1. The zero-order valence-corrected chi connectivity index (χ0v) is 11.7. The summed E-state index contributed by atoms with van der Waals surface area (Å²) in [6, 6.07) is 0.0522. The molecule has 0 aromatic rings. The van der Waals surface area contributed by atoms with E-state index < -0.39 is 11.9 Å². The summed E-state index contributed by atoms with van der Waals surface area (Å²) in [4.78, 5) is 25.7. The van der Waals surface area contributed by atoms with Gasteiger partial charge in [-0.1, -0.05) is 13.3 Å². The minimum atomic E-state index is -0.824. The molecule has 1 aliphatic carbocycles. The van der Waals surface area contributed by atoms with E-state index in [1.54, 1.807) is 0 Å². The van der Waals surface area contributed by atoms with Gasteiger partial charge < -0.3 is 14.7 Å². The number of amides is 1. The predicted molar refractivity (Wildman–Crippen MR) is 69.6 cm³/mol. The van der Waals surface area contributed by atoms with E-state index in [4.69, 9.17) is 4.74 Å². The number of carbonyl (C=O) groups excluding carboxylic acids is 1. The zero-order valence-electron chi connectivity index (χ0n) is 11.7. The third-order valence-corrected chi connectivity index (χ3v) is 4.52. The molecule has 5 heteroatoms. The van der Waals surface area contributed by atoms with Crippen molar-refractivity contribution in [3.05, 3.63) is 0 Å². The Bertz CT molecular complexity index is 357. The molecule has 0 aromatic heterocycles. The van der Waals surface area contributed by atoms with Crippen LogP contribution >= 0.6 is 0 Å². The lowest BCUT2D eigenvalue weighted by Crippen LogP contribution is -2.50. The van der Waals surface area contributed by atoms with Gasteiger partial charge in [0.1, 0.15) is 0 Å². The SMILES string of the molecule is CCC1C[C@H](C(=O)N2CCOCC2C)[C@H](C(=O)O)C1. The molecule has 0 aromatic carbocycles. The second kappa shape index (κ2) is 5.90. The first kappa shape index (κ1) is 14.3. The van der Waals surface area contributed by atoms with E-state index in [1.165, 1.54) is 0 Å². The maximum atomic E-state index is 12.6. The summed E-state index contributed by atoms with van der Waals surface area (Å²) in [5.41, 5.74) is 0. The van der Waals surface area contributed by atoms with Crippen molar-refractivity contribution in [1.82, 2.24) is 4.90 Å². The van der Waals surface area contributed by atoms with Crippen LogP contribution in [0.4, 0.5) is 0 Å². The van der Waals surface area contributed by atoms with Gasteiger partial charge in [0.15, 0.2) is 0 Å². The lowest BCUT2D eigenvalue weighted by molar-refractivity contribution is -0.152. The average Bonchev–Trinajstić information content (AvgIpc) is 2.83. The minimum Gasteiger partial charge on any atom is -0.481 e. The van der Waals surface area contributed by atoms with Crippen molar-refractivity contribution in [3.63, 3.8) is 0 Å². The average molecular weight is 269 g/mol. The van der Waals surface area contributed by atoms with E-state index in [2.05, 4.69) is 6.92 Å². The summed E-state index contributed by atoms with van der Waals surface area (Å²) < 4.78 is 5.33. The van der Waals surface area contributed by atoms with Crippen molar-refractivity contribution in [2.45, 2.75) is 39.2 Å². The quantitative estimate of drug-likeness (QED) is 0.840. The fourth-order valence-electron chi connectivity index (χ4n) is 3.29. The summed E-state index contributed by atoms with van der Waals surface area (Å²) in [7, 11) is 0. The second-order valence-corrected chi connectivity index (χ2v) is 5.75. The number of carboxylic acids is 1. The molecule has 2 fully saturated rings. The van der Waals surface area contributed by atoms with Gasteiger partial charge >= 0.3 is 5.97 Å². The molecule has 5 nitrogen and oxygen atoms in total. The van der Waals surface area contributed by atoms with E-state index in [0.717, 1.165) is 12.8 Å². The predicted octanol–water partition coefficient (Wildman–Crippen LogP) is 1.37. The van der Waals surface area contributed by atoms with Gasteiger partial charge in [0, 0.05) is 6.54 Å². The lowest BCUT2D eigenvalue weighted by atomic mass is 9.94. The Morgan fingerprint density at radius 1 is 1.32 bits per heavy atom. The third kappa shape index (κ3) is 2.91. The largest absolute Gasteiger partial charge is 0.481 e. The molecule has 1 heterocycles. The van der Waals surface area contributed by atoms with Crippen LogP contribution in [0.3, 0.4) is 0 Å². The first-order valence-electron chi connectivity index (χ1n) is 7.15. The highest BCUT2D eigenvalue weighted by Gasteiger charge is 2.44. The Hall–Kier alpha value is -1.10. The van der Waals surface area contributed by atoms with Crippen LogP contribution in [0, 0.1) is 17.8 Å². The lowest BCUT2D eigenvalue weighted by Gasteiger charge is -2.35. The fraction of sp³-hybridized carbons (Fsp3) is 0.857. The van der Waals surface area contributed by atoms with E-state index in [0.29, 0.717) is 32.1 Å². The molecule has 0 radical (unpaired) electrons. The van der Waals surface area contributed by atoms with Gasteiger partial charge in [-0.2, -0.15) is 0 Å². The molecule has 19 heavy (non-hydrogen) atoms. The molecule has 108 valence electrons. The first-order valence-corrected chi connectivity index (χ1v) is 7.15. The molecular formula is C14H23NO4. The number of morpholine rings is 1. The molecule has 2 unspecified atom stereocenters. The van der Waals surface area contributed by atoms with Gasteiger partial charge in [-0.05, 0) is 25.7 Å². The summed E-state index contributed by atoms with van der Waals surface area (Å²) in [5.74, 6) is -1.30. The standard InChI is InChI=1S/C14H23NO4/c1-3-10-6-11(12(7-10)14(17)18)13(16)15-4-5-19-8-9(15)2/h9-12H,3-8H2,1-2H3,(H,17,18)/t9?,10?,11-,12+/m0/s1. The number of rotatable bonds is 3. The number of hydrogen-bond acceptors (Lipinski definition) is 3. The van der Waals surface area contributed by atoms with Crippen LogP contribution in [-0.2, 0) is 14.3 Å². The van der Waals surface area contributed by atoms with E-state index in [1.807, 2.05) is 11.8 Å². The molecular weight excluding hydrogens is 246 g/mol. The molecule has 1 saturated carbocycles. The van der Waals surface area contributed by atoms with Crippen molar-refractivity contribution >= 4 is 11.9 Å². The Kier molecular flexibility index (Phi) is 4.45. The molecule has 4 atom stereocenters. The normalized spacial score (nSPS) is 35.4. The van der Waals surface area contributed by atoms with Crippen molar-refractivity contribution < 1.29 is 19.4 Å². The van der Waals surface area contributed by atoms with Crippen LogP contribution < -0.4 is 0 Å². The van der Waals surface area contributed by atoms with Gasteiger partial charge in [-0.25, -0.2) is 0 Å². The van der Waals surface area contributed by atoms with Crippen LogP contribution in [0.5, 0.6) is 0 Å². The minimum absolute atomic E-state index is 0.0131. The molecule has 2 rings (SSSR count). The molecule has 0 bridgehead atoms. The fourth-order valence-corrected chi connectivity index (χ4v) is 3.29. The topological polar surface area (TPSA) is 66.8 Å². The smallest absolute Gasteiger partial charge is 0.307 e. The number of ether oxygens (including phenoxy) is 1. The molecule has 2 aliphatic rings. The van der Waals surface area contributed by atoms with Crippen molar-refractivity contribution in [2.75, 3.05) is 19.8 Å². The van der Waals surface area contributed by atoms with Crippen LogP contribution in [0.1, 0.15) is 33.1 Å². The van der Waals surface area contributed by atoms with Gasteiger partial charge in [-0.3, -0.25) is 9.59 Å². The Morgan fingerprint density at radius 2 is 2.00 bits per heavy atom. The monoisotopic (exact) mass is 269 g/mol. The first-order chi connectivity index (χ1) is 9.04. The maximum Gasteiger partial charge on any atom is 0.307 e. The number of hydrogen-bond donors (Lipinski definition) is 1. The van der Waals surface area contributed by atoms with Crippen LogP contribution in [0.2, 0.25) is 0 Å². The summed E-state index contributed by atoms with van der Waals surface area (Å²) >= 11 is 0.